The van der Waals surface area contributed by atoms with Crippen molar-refractivity contribution in [3.63, 3.8) is 0 Å². The van der Waals surface area contributed by atoms with Gasteiger partial charge in [0.15, 0.2) is 0 Å². The third-order valence-electron chi connectivity index (χ3n) is 6.20. The minimum Gasteiger partial charge on any atom is -0.444 e. The second-order valence-corrected chi connectivity index (χ2v) is 11.1. The van der Waals surface area contributed by atoms with Gasteiger partial charge in [-0.2, -0.15) is 11.8 Å². The summed E-state index contributed by atoms with van der Waals surface area (Å²) in [7, 11) is 0. The summed E-state index contributed by atoms with van der Waals surface area (Å²) in [6.07, 6.45) is 4.18. The molecule has 1 saturated heterocycles. The summed E-state index contributed by atoms with van der Waals surface area (Å²) >= 11 is 2.02. The summed E-state index contributed by atoms with van der Waals surface area (Å²) in [6.45, 7) is 9.97. The monoisotopic (exact) mass is 418 g/mol. The summed E-state index contributed by atoms with van der Waals surface area (Å²) in [5.74, 6) is 3.48. The van der Waals surface area contributed by atoms with E-state index < -0.39 is 5.60 Å². The number of carbonyl (C=O) groups excluding carboxylic acids is 1. The Morgan fingerprint density at radius 2 is 1.83 bits per heavy atom. The summed E-state index contributed by atoms with van der Waals surface area (Å²) in [6, 6.07) is 5.12. The van der Waals surface area contributed by atoms with Crippen LogP contribution in [0.15, 0.2) is 12.1 Å². The van der Waals surface area contributed by atoms with Crippen LogP contribution in [-0.2, 0) is 4.74 Å². The van der Waals surface area contributed by atoms with Gasteiger partial charge >= 0.3 is 6.09 Å². The van der Waals surface area contributed by atoms with Gasteiger partial charge in [0.05, 0.1) is 11.4 Å². The lowest BCUT2D eigenvalue weighted by molar-refractivity contribution is -0.0178. The molecule has 29 heavy (non-hydrogen) atoms. The Hall–Kier alpha value is -1.63. The number of ether oxygens (including phenoxy) is 1. The minimum atomic E-state index is -0.439. The van der Waals surface area contributed by atoms with Gasteiger partial charge in [0.2, 0.25) is 0 Å². The fourth-order valence-corrected chi connectivity index (χ4v) is 5.77. The zero-order valence-electron chi connectivity index (χ0n) is 18.1. The molecule has 0 aromatic carbocycles. The lowest BCUT2D eigenvalue weighted by Crippen LogP contribution is -2.59. The predicted octanol–water partition coefficient (Wildman–Crippen LogP) is 4.19. The molecule has 2 saturated carbocycles. The van der Waals surface area contributed by atoms with Crippen LogP contribution in [0.4, 0.5) is 16.3 Å². The van der Waals surface area contributed by atoms with Gasteiger partial charge in [0.25, 0.3) is 0 Å². The van der Waals surface area contributed by atoms with E-state index >= 15 is 0 Å². The van der Waals surface area contributed by atoms with Crippen molar-refractivity contribution in [3.05, 3.63) is 17.8 Å². The molecule has 2 N–H and O–H groups in total. The normalized spacial score (nSPS) is 29.0. The van der Waals surface area contributed by atoms with Crippen LogP contribution >= 0.6 is 11.8 Å². The van der Waals surface area contributed by atoms with E-state index in [2.05, 4.69) is 34.6 Å². The van der Waals surface area contributed by atoms with Gasteiger partial charge in [-0.3, -0.25) is 0 Å². The van der Waals surface area contributed by atoms with Crippen molar-refractivity contribution < 1.29 is 9.53 Å². The number of hydrogen-bond donors (Lipinski definition) is 2. The molecule has 3 fully saturated rings. The number of nitrogens with zero attached hydrogens (tertiary/aromatic N) is 2. The Balaban J connectivity index is 1.22. The van der Waals surface area contributed by atoms with Gasteiger partial charge in [0.1, 0.15) is 11.4 Å². The molecule has 1 amide bonds. The molecule has 0 unspecified atom stereocenters. The summed E-state index contributed by atoms with van der Waals surface area (Å²) in [5.41, 5.74) is 2.21. The highest BCUT2D eigenvalue weighted by molar-refractivity contribution is 7.99. The van der Waals surface area contributed by atoms with Crippen LogP contribution < -0.4 is 15.5 Å². The van der Waals surface area contributed by atoms with E-state index in [1.54, 1.807) is 0 Å². The van der Waals surface area contributed by atoms with Crippen LogP contribution in [0.1, 0.15) is 52.1 Å². The van der Waals surface area contributed by atoms with Crippen LogP contribution in [-0.4, -0.2) is 53.4 Å². The maximum absolute atomic E-state index is 11.9. The van der Waals surface area contributed by atoms with E-state index in [0.717, 1.165) is 43.1 Å². The minimum absolute atomic E-state index is 0.260. The number of anilines is 2. The average molecular weight is 419 g/mol. The second-order valence-electron chi connectivity index (χ2n) is 9.90. The number of hydrogen-bond acceptors (Lipinski definition) is 6. The maximum Gasteiger partial charge on any atom is 0.407 e. The van der Waals surface area contributed by atoms with E-state index in [0.29, 0.717) is 11.5 Å². The van der Waals surface area contributed by atoms with Crippen molar-refractivity contribution in [3.8, 4) is 0 Å². The molecule has 3 aliphatic rings. The first-order valence-electron chi connectivity index (χ1n) is 10.8. The topological polar surface area (TPSA) is 66.5 Å². The number of nitrogens with one attached hydrogen (secondary N) is 2. The van der Waals surface area contributed by atoms with Gasteiger partial charge in [-0.15, -0.1) is 0 Å². The third-order valence-corrected chi connectivity index (χ3v) is 7.15. The van der Waals surface area contributed by atoms with Crippen LogP contribution in [0, 0.1) is 12.3 Å². The smallest absolute Gasteiger partial charge is 0.407 e. The zero-order valence-corrected chi connectivity index (χ0v) is 18.9. The Bertz CT molecular complexity index is 744. The highest BCUT2D eigenvalue weighted by Crippen LogP contribution is 2.56. The zero-order chi connectivity index (χ0) is 20.6. The van der Waals surface area contributed by atoms with Gasteiger partial charge in [-0.1, -0.05) is 0 Å². The molecular weight excluding hydrogens is 384 g/mol. The largest absolute Gasteiger partial charge is 0.444 e. The molecule has 6 nitrogen and oxygen atoms in total. The van der Waals surface area contributed by atoms with E-state index in [9.17, 15) is 4.79 Å². The molecule has 1 aliphatic heterocycles. The first-order valence-corrected chi connectivity index (χ1v) is 11.9. The molecule has 160 valence electrons. The molecule has 0 bridgehead atoms. The van der Waals surface area contributed by atoms with Crippen LogP contribution in [0.5, 0.6) is 0 Å². The van der Waals surface area contributed by atoms with Gasteiger partial charge in [0, 0.05) is 36.7 Å². The number of aryl methyl sites for hydroxylation is 1. The third kappa shape index (κ3) is 4.93. The second kappa shape index (κ2) is 7.89. The lowest BCUT2D eigenvalue weighted by atomic mass is 9.52. The van der Waals surface area contributed by atoms with Crippen LogP contribution in [0.25, 0.3) is 0 Å². The number of alkyl carbamates (subject to hydrolysis) is 1. The number of thioether (sulfide) groups is 1. The summed E-state index contributed by atoms with van der Waals surface area (Å²) in [4.78, 5) is 19.1. The molecule has 2 heterocycles. The standard InChI is InChI=1S/C22H34N4O2S/c1-15-18(5-6-19(23-15)26-7-9-29-10-8-26)24-16-11-22(12-16)13-17(14-22)25-20(27)28-21(2,3)4/h5-6,16-17,24H,7-14H2,1-4H3,(H,25,27). The van der Waals surface area contributed by atoms with Crippen molar-refractivity contribution in [2.24, 2.45) is 5.41 Å². The Labute approximate surface area is 178 Å². The predicted molar refractivity (Wildman–Crippen MR) is 120 cm³/mol. The van der Waals surface area contributed by atoms with Crippen molar-refractivity contribution in [2.45, 2.75) is 71.1 Å². The molecule has 2 aliphatic carbocycles. The lowest BCUT2D eigenvalue weighted by Gasteiger charge is -2.58. The quantitative estimate of drug-likeness (QED) is 0.764. The van der Waals surface area contributed by atoms with Crippen LogP contribution in [0.2, 0.25) is 0 Å². The highest BCUT2D eigenvalue weighted by atomic mass is 32.2. The number of rotatable bonds is 4. The van der Waals surface area contributed by atoms with E-state index in [1.807, 2.05) is 32.5 Å². The average Bonchev–Trinajstić information content (AvgIpc) is 2.58. The molecule has 1 aromatic rings. The van der Waals surface area contributed by atoms with Gasteiger partial charge in [-0.25, -0.2) is 9.78 Å². The number of pyridine rings is 1. The van der Waals surface area contributed by atoms with Gasteiger partial charge in [-0.05, 0) is 70.9 Å². The van der Waals surface area contributed by atoms with E-state index in [-0.39, 0.29) is 12.1 Å². The molecule has 7 heteroatoms. The SMILES string of the molecule is Cc1nc(N2CCSCC2)ccc1NC1CC2(CC(NC(=O)OC(C)(C)C)C2)C1. The fourth-order valence-electron chi connectivity index (χ4n) is 4.87. The number of carbonyl (C=O) groups is 1. The first-order chi connectivity index (χ1) is 13.7. The molecular formula is C22H34N4O2S. The molecule has 0 radical (unpaired) electrons. The van der Waals surface area contributed by atoms with Gasteiger partial charge < -0.3 is 20.3 Å². The molecule has 4 rings (SSSR count). The Morgan fingerprint density at radius 3 is 2.45 bits per heavy atom. The van der Waals surface area contributed by atoms with E-state index in [4.69, 9.17) is 9.72 Å². The Morgan fingerprint density at radius 1 is 1.17 bits per heavy atom. The van der Waals surface area contributed by atoms with Crippen LogP contribution in [0.3, 0.4) is 0 Å². The molecule has 0 atom stereocenters. The summed E-state index contributed by atoms with van der Waals surface area (Å²) < 4.78 is 5.36. The van der Waals surface area contributed by atoms with Crippen molar-refractivity contribution in [1.82, 2.24) is 10.3 Å². The van der Waals surface area contributed by atoms with Crippen molar-refractivity contribution >= 4 is 29.4 Å². The van der Waals surface area contributed by atoms with E-state index in [1.165, 1.54) is 24.3 Å². The van der Waals surface area contributed by atoms with Crippen molar-refractivity contribution in [1.29, 1.82) is 0 Å². The molecule has 1 spiro atoms. The maximum atomic E-state index is 11.9. The highest BCUT2D eigenvalue weighted by Gasteiger charge is 2.53. The summed E-state index contributed by atoms with van der Waals surface area (Å²) in [5, 5.41) is 6.70. The fraction of sp³-hybridized carbons (Fsp3) is 0.727. The molecule has 1 aromatic heterocycles. The van der Waals surface area contributed by atoms with Crippen molar-refractivity contribution in [2.75, 3.05) is 34.8 Å². The first kappa shape index (κ1) is 20.6. The number of aromatic nitrogens is 1. The Kier molecular flexibility index (Phi) is 5.62. The number of amides is 1.